The van der Waals surface area contributed by atoms with Crippen LogP contribution in [0.25, 0.3) is 0 Å². The molecule has 1 aromatic heterocycles. The molecule has 20 heavy (non-hydrogen) atoms. The van der Waals surface area contributed by atoms with Gasteiger partial charge in [-0.2, -0.15) is 5.10 Å². The lowest BCUT2D eigenvalue weighted by molar-refractivity contribution is -0.133. The molecule has 0 saturated heterocycles. The maximum absolute atomic E-state index is 12.0. The van der Waals surface area contributed by atoms with Gasteiger partial charge in [0.15, 0.2) is 0 Å². The van der Waals surface area contributed by atoms with Crippen LogP contribution in [0.5, 0.6) is 5.75 Å². The molecular formula is C14H14BrClN2O2. The predicted octanol–water partition coefficient (Wildman–Crippen LogP) is 3.60. The lowest BCUT2D eigenvalue weighted by Crippen LogP contribution is -2.12. The molecule has 0 atom stereocenters. The highest BCUT2D eigenvalue weighted by atomic mass is 79.9. The number of hydrogen-bond acceptors (Lipinski definition) is 3. The van der Waals surface area contributed by atoms with Crippen LogP contribution in [-0.4, -0.2) is 15.7 Å². The van der Waals surface area contributed by atoms with Crippen molar-refractivity contribution in [3.63, 3.8) is 0 Å². The Labute approximate surface area is 130 Å². The molecule has 0 radical (unpaired) electrons. The van der Waals surface area contributed by atoms with Crippen LogP contribution < -0.4 is 4.74 Å². The molecule has 1 heterocycles. The minimum Gasteiger partial charge on any atom is -0.425 e. The number of aryl methyl sites for hydroxylation is 2. The van der Waals surface area contributed by atoms with E-state index in [1.807, 2.05) is 20.9 Å². The number of ether oxygens (including phenoxy) is 1. The van der Waals surface area contributed by atoms with Crippen molar-refractivity contribution < 1.29 is 9.53 Å². The Hall–Kier alpha value is -1.33. The maximum atomic E-state index is 12.0. The Balaban J connectivity index is 2.13. The normalized spacial score (nSPS) is 10.7. The summed E-state index contributed by atoms with van der Waals surface area (Å²) >= 11 is 9.16. The molecule has 106 valence electrons. The van der Waals surface area contributed by atoms with Gasteiger partial charge in [-0.25, -0.2) is 0 Å². The van der Waals surface area contributed by atoms with E-state index in [1.165, 1.54) is 0 Å². The van der Waals surface area contributed by atoms with Crippen LogP contribution in [0.3, 0.4) is 0 Å². The van der Waals surface area contributed by atoms with E-state index in [9.17, 15) is 4.79 Å². The van der Waals surface area contributed by atoms with Gasteiger partial charge in [-0.05, 0) is 48.0 Å². The number of carbonyl (C=O) groups is 1. The van der Waals surface area contributed by atoms with Crippen molar-refractivity contribution in [1.29, 1.82) is 0 Å². The highest BCUT2D eigenvalue weighted by molar-refractivity contribution is 9.10. The third kappa shape index (κ3) is 3.22. The summed E-state index contributed by atoms with van der Waals surface area (Å²) in [6.07, 6.45) is 0.195. The van der Waals surface area contributed by atoms with Gasteiger partial charge in [0.25, 0.3) is 0 Å². The summed E-state index contributed by atoms with van der Waals surface area (Å²) in [6, 6.07) is 5.02. The zero-order valence-electron chi connectivity index (χ0n) is 11.4. The largest absolute Gasteiger partial charge is 0.425 e. The van der Waals surface area contributed by atoms with Gasteiger partial charge in [-0.3, -0.25) is 9.48 Å². The summed E-state index contributed by atoms with van der Waals surface area (Å²) in [5, 5.41) is 4.86. The van der Waals surface area contributed by atoms with Gasteiger partial charge in [0, 0.05) is 23.3 Å². The Kier molecular flexibility index (Phi) is 4.50. The Bertz CT molecular complexity index is 667. The van der Waals surface area contributed by atoms with E-state index in [2.05, 4.69) is 21.0 Å². The van der Waals surface area contributed by atoms with E-state index in [0.29, 0.717) is 15.2 Å². The minimum absolute atomic E-state index is 0.195. The first-order valence-corrected chi connectivity index (χ1v) is 7.20. The molecule has 2 rings (SSSR count). The second kappa shape index (κ2) is 5.97. The fraction of sp³-hybridized carbons (Fsp3) is 0.286. The molecule has 0 aliphatic rings. The topological polar surface area (TPSA) is 44.1 Å². The molecule has 0 aliphatic heterocycles. The van der Waals surface area contributed by atoms with E-state index in [4.69, 9.17) is 16.3 Å². The van der Waals surface area contributed by atoms with Gasteiger partial charge >= 0.3 is 5.97 Å². The monoisotopic (exact) mass is 356 g/mol. The summed E-state index contributed by atoms with van der Waals surface area (Å²) in [4.78, 5) is 12.0. The summed E-state index contributed by atoms with van der Waals surface area (Å²) in [5.41, 5.74) is 2.72. The molecule has 0 aliphatic carbocycles. The first-order chi connectivity index (χ1) is 9.38. The lowest BCUT2D eigenvalue weighted by Gasteiger charge is -2.07. The quantitative estimate of drug-likeness (QED) is 0.623. The van der Waals surface area contributed by atoms with Crippen molar-refractivity contribution in [1.82, 2.24) is 9.78 Å². The van der Waals surface area contributed by atoms with E-state index in [1.54, 1.807) is 22.9 Å². The third-order valence-electron chi connectivity index (χ3n) is 3.10. The van der Waals surface area contributed by atoms with Crippen molar-refractivity contribution in [2.45, 2.75) is 20.3 Å². The summed E-state index contributed by atoms with van der Waals surface area (Å²) < 4.78 is 7.75. The van der Waals surface area contributed by atoms with E-state index in [0.717, 1.165) is 17.0 Å². The van der Waals surface area contributed by atoms with Gasteiger partial charge in [0.1, 0.15) is 5.75 Å². The van der Waals surface area contributed by atoms with Crippen LogP contribution in [-0.2, 0) is 18.3 Å². The predicted molar refractivity (Wildman–Crippen MR) is 81.2 cm³/mol. The standard InChI is InChI=1S/C14H14BrClN2O2/c1-8-11(9(2)18(3)17-8)7-14(19)20-13-5-4-10(16)6-12(13)15/h4-6H,7H2,1-3H3. The van der Waals surface area contributed by atoms with Gasteiger partial charge in [0.2, 0.25) is 0 Å². The van der Waals surface area contributed by atoms with Crippen molar-refractivity contribution >= 4 is 33.5 Å². The van der Waals surface area contributed by atoms with Crippen molar-refractivity contribution in [2.75, 3.05) is 0 Å². The highest BCUT2D eigenvalue weighted by Crippen LogP contribution is 2.28. The van der Waals surface area contributed by atoms with Gasteiger partial charge in [0.05, 0.1) is 16.6 Å². The Morgan fingerprint density at radius 3 is 2.70 bits per heavy atom. The van der Waals surface area contributed by atoms with Crippen molar-refractivity contribution in [3.8, 4) is 5.75 Å². The molecule has 0 spiro atoms. The smallest absolute Gasteiger partial charge is 0.315 e. The Morgan fingerprint density at radius 1 is 1.45 bits per heavy atom. The first-order valence-electron chi connectivity index (χ1n) is 6.03. The Morgan fingerprint density at radius 2 is 2.15 bits per heavy atom. The first kappa shape index (κ1) is 15.1. The number of esters is 1. The number of nitrogens with zero attached hydrogens (tertiary/aromatic N) is 2. The molecule has 0 bridgehead atoms. The fourth-order valence-corrected chi connectivity index (χ4v) is 2.70. The molecule has 0 N–H and O–H groups in total. The number of halogens is 2. The summed E-state index contributed by atoms with van der Waals surface area (Å²) in [5.74, 6) is 0.130. The minimum atomic E-state index is -0.327. The summed E-state index contributed by atoms with van der Waals surface area (Å²) in [7, 11) is 1.85. The van der Waals surface area contributed by atoms with Crippen LogP contribution in [0, 0.1) is 13.8 Å². The van der Waals surface area contributed by atoms with Gasteiger partial charge < -0.3 is 4.74 Å². The molecular weight excluding hydrogens is 344 g/mol. The number of rotatable bonds is 3. The van der Waals surface area contributed by atoms with Crippen LogP contribution in [0.4, 0.5) is 0 Å². The highest BCUT2D eigenvalue weighted by Gasteiger charge is 2.16. The second-order valence-electron chi connectivity index (χ2n) is 4.50. The molecule has 4 nitrogen and oxygen atoms in total. The number of carbonyl (C=O) groups excluding carboxylic acids is 1. The van der Waals surface area contributed by atoms with Crippen LogP contribution in [0.2, 0.25) is 5.02 Å². The molecule has 6 heteroatoms. The zero-order valence-corrected chi connectivity index (χ0v) is 13.7. The lowest BCUT2D eigenvalue weighted by atomic mass is 10.1. The summed E-state index contributed by atoms with van der Waals surface area (Å²) in [6.45, 7) is 3.81. The van der Waals surface area contributed by atoms with Crippen LogP contribution in [0.15, 0.2) is 22.7 Å². The molecule has 0 fully saturated rings. The molecule has 0 unspecified atom stereocenters. The van der Waals surface area contributed by atoms with E-state index in [-0.39, 0.29) is 12.4 Å². The van der Waals surface area contributed by atoms with Gasteiger partial charge in [-0.1, -0.05) is 11.6 Å². The average molecular weight is 358 g/mol. The number of benzene rings is 1. The third-order valence-corrected chi connectivity index (χ3v) is 3.95. The van der Waals surface area contributed by atoms with Crippen molar-refractivity contribution in [3.05, 3.63) is 44.6 Å². The van der Waals surface area contributed by atoms with Crippen LogP contribution >= 0.6 is 27.5 Å². The number of aromatic nitrogens is 2. The van der Waals surface area contributed by atoms with Gasteiger partial charge in [-0.15, -0.1) is 0 Å². The molecule has 1 aromatic carbocycles. The average Bonchev–Trinajstić information content (AvgIpc) is 2.60. The molecule has 0 saturated carbocycles. The zero-order chi connectivity index (χ0) is 14.9. The number of hydrogen-bond donors (Lipinski definition) is 0. The second-order valence-corrected chi connectivity index (χ2v) is 5.79. The maximum Gasteiger partial charge on any atom is 0.315 e. The fourth-order valence-electron chi connectivity index (χ4n) is 1.93. The SMILES string of the molecule is Cc1nn(C)c(C)c1CC(=O)Oc1ccc(Cl)cc1Br. The molecule has 2 aromatic rings. The van der Waals surface area contributed by atoms with Crippen LogP contribution in [0.1, 0.15) is 17.0 Å². The van der Waals surface area contributed by atoms with E-state index >= 15 is 0 Å². The van der Waals surface area contributed by atoms with Crippen molar-refractivity contribution in [2.24, 2.45) is 7.05 Å². The van der Waals surface area contributed by atoms with E-state index < -0.39 is 0 Å². The molecule has 0 amide bonds.